The molecule has 21 heavy (non-hydrogen) atoms. The number of benzene rings is 1. The zero-order chi connectivity index (χ0) is 14.7. The van der Waals surface area contributed by atoms with Crippen LogP contribution in [0.1, 0.15) is 16.6 Å². The summed E-state index contributed by atoms with van der Waals surface area (Å²) in [5, 5.41) is 4.60. The van der Waals surface area contributed by atoms with Gasteiger partial charge in [-0.2, -0.15) is 5.10 Å². The molecular formula is C15H15ClN4S. The van der Waals surface area contributed by atoms with Crippen LogP contribution in [-0.2, 0) is 6.42 Å². The predicted molar refractivity (Wildman–Crippen MR) is 86.7 cm³/mol. The standard InChI is InChI=1S/C15H15ClN4S/c16-15-7-6-12(21-15)10-14(18-17)13-8-9-20(19-13)11-4-2-1-3-5-11/h1-9,14,18H,10,17H2. The maximum Gasteiger partial charge on any atom is 0.0931 e. The maximum absolute atomic E-state index is 5.96. The van der Waals surface area contributed by atoms with Gasteiger partial charge in [-0.3, -0.25) is 11.3 Å². The minimum atomic E-state index is -0.0373. The van der Waals surface area contributed by atoms with E-state index in [0.29, 0.717) is 0 Å². The van der Waals surface area contributed by atoms with Crippen LogP contribution in [0.4, 0.5) is 0 Å². The average Bonchev–Trinajstić information content (AvgIpc) is 3.15. The van der Waals surface area contributed by atoms with Crippen molar-refractivity contribution in [1.29, 1.82) is 0 Å². The van der Waals surface area contributed by atoms with Crippen LogP contribution in [0.25, 0.3) is 5.69 Å². The molecule has 0 aliphatic rings. The zero-order valence-electron chi connectivity index (χ0n) is 11.2. The lowest BCUT2D eigenvalue weighted by Crippen LogP contribution is -2.29. The van der Waals surface area contributed by atoms with Crippen molar-refractivity contribution in [2.45, 2.75) is 12.5 Å². The molecule has 0 aliphatic heterocycles. The Morgan fingerprint density at radius 3 is 2.67 bits per heavy atom. The molecule has 6 heteroatoms. The molecule has 0 aliphatic carbocycles. The molecule has 0 spiro atoms. The van der Waals surface area contributed by atoms with Crippen LogP contribution >= 0.6 is 22.9 Å². The first-order chi connectivity index (χ1) is 10.3. The number of hydrazine groups is 1. The molecule has 0 fully saturated rings. The van der Waals surface area contributed by atoms with E-state index in [1.54, 1.807) is 11.3 Å². The Morgan fingerprint density at radius 1 is 1.19 bits per heavy atom. The van der Waals surface area contributed by atoms with Gasteiger partial charge in [0.15, 0.2) is 0 Å². The highest BCUT2D eigenvalue weighted by Gasteiger charge is 2.15. The second-order valence-electron chi connectivity index (χ2n) is 4.65. The van der Waals surface area contributed by atoms with Crippen molar-refractivity contribution < 1.29 is 0 Å². The fourth-order valence-electron chi connectivity index (χ4n) is 2.16. The molecule has 0 amide bonds. The van der Waals surface area contributed by atoms with Crippen molar-refractivity contribution in [1.82, 2.24) is 15.2 Å². The minimum absolute atomic E-state index is 0.0373. The van der Waals surface area contributed by atoms with E-state index in [1.165, 1.54) is 4.88 Å². The third kappa shape index (κ3) is 3.33. The van der Waals surface area contributed by atoms with Gasteiger partial charge in [0.05, 0.1) is 21.8 Å². The summed E-state index contributed by atoms with van der Waals surface area (Å²) in [5.74, 6) is 5.68. The SMILES string of the molecule is NNC(Cc1ccc(Cl)s1)c1ccn(-c2ccccc2)n1. The third-order valence-electron chi connectivity index (χ3n) is 3.22. The van der Waals surface area contributed by atoms with Gasteiger partial charge >= 0.3 is 0 Å². The first-order valence-corrected chi connectivity index (χ1v) is 7.77. The molecular weight excluding hydrogens is 304 g/mol. The first-order valence-electron chi connectivity index (χ1n) is 6.57. The van der Waals surface area contributed by atoms with Crippen LogP contribution in [0.5, 0.6) is 0 Å². The second kappa shape index (κ2) is 6.41. The topological polar surface area (TPSA) is 55.9 Å². The summed E-state index contributed by atoms with van der Waals surface area (Å²) in [6.07, 6.45) is 2.70. The Labute approximate surface area is 132 Å². The molecule has 1 aromatic carbocycles. The van der Waals surface area contributed by atoms with Crippen LogP contribution < -0.4 is 11.3 Å². The van der Waals surface area contributed by atoms with Crippen LogP contribution in [0.15, 0.2) is 54.7 Å². The largest absolute Gasteiger partial charge is 0.271 e. The van der Waals surface area contributed by atoms with E-state index in [2.05, 4.69) is 10.5 Å². The number of hydrogen-bond donors (Lipinski definition) is 2. The number of nitrogens with zero attached hydrogens (tertiary/aromatic N) is 2. The Bertz CT molecular complexity index is 707. The van der Waals surface area contributed by atoms with Crippen molar-refractivity contribution >= 4 is 22.9 Å². The van der Waals surface area contributed by atoms with Gasteiger partial charge in [0.25, 0.3) is 0 Å². The quantitative estimate of drug-likeness (QED) is 0.560. The van der Waals surface area contributed by atoms with E-state index >= 15 is 0 Å². The van der Waals surface area contributed by atoms with Gasteiger partial charge in [0.1, 0.15) is 0 Å². The van der Waals surface area contributed by atoms with Crippen molar-refractivity contribution in [2.75, 3.05) is 0 Å². The highest BCUT2D eigenvalue weighted by molar-refractivity contribution is 7.16. The third-order valence-corrected chi connectivity index (χ3v) is 4.48. The Hall–Kier alpha value is -1.66. The van der Waals surface area contributed by atoms with Crippen LogP contribution in [-0.4, -0.2) is 9.78 Å². The highest BCUT2D eigenvalue weighted by atomic mass is 35.5. The maximum atomic E-state index is 5.96. The lowest BCUT2D eigenvalue weighted by Gasteiger charge is -2.12. The number of aromatic nitrogens is 2. The van der Waals surface area contributed by atoms with Gasteiger partial charge < -0.3 is 0 Å². The summed E-state index contributed by atoms with van der Waals surface area (Å²) in [4.78, 5) is 1.18. The van der Waals surface area contributed by atoms with Crippen LogP contribution in [0.2, 0.25) is 4.34 Å². The van der Waals surface area contributed by atoms with E-state index < -0.39 is 0 Å². The summed E-state index contributed by atoms with van der Waals surface area (Å²) in [6.45, 7) is 0. The van der Waals surface area contributed by atoms with Crippen molar-refractivity contribution in [3.8, 4) is 5.69 Å². The molecule has 3 aromatic rings. The Balaban J connectivity index is 1.80. The van der Waals surface area contributed by atoms with Gasteiger partial charge in [-0.05, 0) is 30.3 Å². The molecule has 4 nitrogen and oxygen atoms in total. The lowest BCUT2D eigenvalue weighted by atomic mass is 10.1. The van der Waals surface area contributed by atoms with E-state index in [4.69, 9.17) is 17.4 Å². The van der Waals surface area contributed by atoms with Gasteiger partial charge in [0.2, 0.25) is 0 Å². The van der Waals surface area contributed by atoms with Gasteiger partial charge in [0, 0.05) is 17.5 Å². The Morgan fingerprint density at radius 2 is 2.00 bits per heavy atom. The fraction of sp³-hybridized carbons (Fsp3) is 0.133. The summed E-state index contributed by atoms with van der Waals surface area (Å²) in [6, 6.07) is 15.9. The summed E-state index contributed by atoms with van der Waals surface area (Å²) < 4.78 is 2.64. The minimum Gasteiger partial charge on any atom is -0.271 e. The van der Waals surface area contributed by atoms with Gasteiger partial charge in [-0.25, -0.2) is 4.68 Å². The molecule has 2 aromatic heterocycles. The van der Waals surface area contributed by atoms with Crippen molar-refractivity contribution in [3.63, 3.8) is 0 Å². The number of thiophene rings is 1. The summed E-state index contributed by atoms with van der Waals surface area (Å²) >= 11 is 7.53. The number of para-hydroxylation sites is 1. The molecule has 3 rings (SSSR count). The summed E-state index contributed by atoms with van der Waals surface area (Å²) in [7, 11) is 0. The van der Waals surface area contributed by atoms with E-state index in [9.17, 15) is 0 Å². The number of hydrogen-bond acceptors (Lipinski definition) is 4. The van der Waals surface area contributed by atoms with Crippen molar-refractivity contribution in [3.05, 3.63) is 69.6 Å². The predicted octanol–water partition coefficient (Wildman–Crippen LogP) is 3.33. The van der Waals surface area contributed by atoms with Crippen molar-refractivity contribution in [2.24, 2.45) is 5.84 Å². The van der Waals surface area contributed by atoms with E-state index in [1.807, 2.05) is 59.4 Å². The van der Waals surface area contributed by atoms with Gasteiger partial charge in [-0.15, -0.1) is 11.3 Å². The van der Waals surface area contributed by atoms with Crippen LogP contribution in [0.3, 0.4) is 0 Å². The number of halogens is 1. The Kier molecular flexibility index (Phi) is 4.36. The first kappa shape index (κ1) is 14.3. The molecule has 0 radical (unpaired) electrons. The molecule has 1 unspecified atom stereocenters. The molecule has 0 saturated heterocycles. The summed E-state index contributed by atoms with van der Waals surface area (Å²) in [5.41, 5.74) is 4.76. The number of nitrogens with one attached hydrogen (secondary N) is 1. The molecule has 0 bridgehead atoms. The van der Waals surface area contributed by atoms with E-state index in [0.717, 1.165) is 22.1 Å². The molecule has 1 atom stereocenters. The number of rotatable bonds is 5. The normalized spacial score (nSPS) is 12.5. The zero-order valence-corrected chi connectivity index (χ0v) is 12.8. The van der Waals surface area contributed by atoms with Crippen LogP contribution in [0, 0.1) is 0 Å². The smallest absolute Gasteiger partial charge is 0.0931 e. The fourth-order valence-corrected chi connectivity index (χ4v) is 3.29. The second-order valence-corrected chi connectivity index (χ2v) is 6.45. The average molecular weight is 319 g/mol. The molecule has 2 heterocycles. The number of nitrogens with two attached hydrogens (primary N) is 1. The molecule has 3 N–H and O–H groups in total. The monoisotopic (exact) mass is 318 g/mol. The highest BCUT2D eigenvalue weighted by Crippen LogP contribution is 2.26. The van der Waals surface area contributed by atoms with Gasteiger partial charge in [-0.1, -0.05) is 29.8 Å². The molecule has 108 valence electrons. The lowest BCUT2D eigenvalue weighted by molar-refractivity contribution is 0.536. The van der Waals surface area contributed by atoms with E-state index in [-0.39, 0.29) is 6.04 Å². The molecule has 0 saturated carbocycles.